The van der Waals surface area contributed by atoms with Gasteiger partial charge in [-0.25, -0.2) is 4.79 Å². The molecule has 3 amide bonds. The molecule has 1 fully saturated rings. The van der Waals surface area contributed by atoms with Crippen LogP contribution in [-0.4, -0.2) is 66.6 Å². The van der Waals surface area contributed by atoms with Crippen LogP contribution in [0.3, 0.4) is 0 Å². The Labute approximate surface area is 145 Å². The van der Waals surface area contributed by atoms with Crippen LogP contribution in [0.25, 0.3) is 0 Å². The molecule has 8 nitrogen and oxygen atoms in total. The summed E-state index contributed by atoms with van der Waals surface area (Å²) in [6, 6.07) is 5.10. The highest BCUT2D eigenvalue weighted by molar-refractivity contribution is 6.04. The lowest BCUT2D eigenvalue weighted by molar-refractivity contribution is -0.122. The lowest BCUT2D eigenvalue weighted by atomic mass is 10.1. The van der Waals surface area contributed by atoms with E-state index in [-0.39, 0.29) is 17.9 Å². The molecule has 1 aromatic rings. The number of hydrogen-bond donors (Lipinski definition) is 1. The Balaban J connectivity index is 1.72. The lowest BCUT2D eigenvalue weighted by Gasteiger charge is -2.34. The molecule has 2 aliphatic heterocycles. The minimum absolute atomic E-state index is 0.177. The van der Waals surface area contributed by atoms with Gasteiger partial charge in [0.15, 0.2) is 11.9 Å². The van der Waals surface area contributed by atoms with E-state index >= 15 is 0 Å². The first-order valence-corrected chi connectivity index (χ1v) is 8.32. The van der Waals surface area contributed by atoms with E-state index in [0.29, 0.717) is 49.8 Å². The number of amides is 3. The first-order chi connectivity index (χ1) is 12.0. The Bertz CT molecular complexity index is 698. The Hall–Kier alpha value is -2.77. The van der Waals surface area contributed by atoms with Crippen molar-refractivity contribution in [2.75, 3.05) is 38.1 Å². The average molecular weight is 347 g/mol. The molecule has 0 radical (unpaired) electrons. The van der Waals surface area contributed by atoms with Crippen molar-refractivity contribution in [3.8, 4) is 5.75 Å². The molecule has 2 aliphatic rings. The number of hydrogen-bond acceptors (Lipinski definition) is 5. The van der Waals surface area contributed by atoms with Gasteiger partial charge in [-0.1, -0.05) is 6.07 Å². The van der Waals surface area contributed by atoms with Gasteiger partial charge in [0.1, 0.15) is 0 Å². The SMILES string of the molecule is CCOC(=O)N1CCN(C(=O)c2cccc3c2OC(C)C(=O)N3)CC1. The smallest absolute Gasteiger partial charge is 0.409 e. The summed E-state index contributed by atoms with van der Waals surface area (Å²) in [6.45, 7) is 5.41. The van der Waals surface area contributed by atoms with Gasteiger partial charge in [-0.3, -0.25) is 9.59 Å². The van der Waals surface area contributed by atoms with E-state index in [1.807, 2.05) is 0 Å². The molecule has 134 valence electrons. The second-order valence-electron chi connectivity index (χ2n) is 5.91. The number of benzene rings is 1. The minimum atomic E-state index is -0.651. The molecule has 0 aromatic heterocycles. The molecular formula is C17H21N3O5. The molecule has 1 N–H and O–H groups in total. The maximum Gasteiger partial charge on any atom is 0.409 e. The third-order valence-electron chi connectivity index (χ3n) is 4.26. The van der Waals surface area contributed by atoms with Gasteiger partial charge in [-0.15, -0.1) is 0 Å². The number of anilines is 1. The van der Waals surface area contributed by atoms with Crippen LogP contribution in [0.2, 0.25) is 0 Å². The van der Waals surface area contributed by atoms with Crippen LogP contribution < -0.4 is 10.1 Å². The molecule has 25 heavy (non-hydrogen) atoms. The van der Waals surface area contributed by atoms with Crippen LogP contribution in [0.4, 0.5) is 10.5 Å². The summed E-state index contributed by atoms with van der Waals surface area (Å²) in [4.78, 5) is 39.6. The van der Waals surface area contributed by atoms with Crippen molar-refractivity contribution in [1.82, 2.24) is 9.80 Å². The van der Waals surface area contributed by atoms with E-state index in [2.05, 4.69) is 5.32 Å². The van der Waals surface area contributed by atoms with Crippen molar-refractivity contribution in [3.05, 3.63) is 23.8 Å². The monoisotopic (exact) mass is 347 g/mol. The second kappa shape index (κ2) is 7.00. The summed E-state index contributed by atoms with van der Waals surface area (Å²) in [5, 5.41) is 2.74. The molecule has 0 spiro atoms. The van der Waals surface area contributed by atoms with Crippen molar-refractivity contribution in [3.63, 3.8) is 0 Å². The highest BCUT2D eigenvalue weighted by Crippen LogP contribution is 2.34. The zero-order chi connectivity index (χ0) is 18.0. The zero-order valence-electron chi connectivity index (χ0n) is 14.3. The summed E-state index contributed by atoms with van der Waals surface area (Å²) in [5.74, 6) is -0.0173. The van der Waals surface area contributed by atoms with Crippen LogP contribution in [0.5, 0.6) is 5.75 Å². The minimum Gasteiger partial charge on any atom is -0.478 e. The molecule has 1 aromatic carbocycles. The Morgan fingerprint density at radius 3 is 2.60 bits per heavy atom. The number of piperazine rings is 1. The molecule has 8 heteroatoms. The largest absolute Gasteiger partial charge is 0.478 e. The molecular weight excluding hydrogens is 326 g/mol. The van der Waals surface area contributed by atoms with Crippen molar-refractivity contribution in [2.24, 2.45) is 0 Å². The number of rotatable bonds is 2. The molecule has 2 heterocycles. The van der Waals surface area contributed by atoms with Crippen LogP contribution in [0, 0.1) is 0 Å². The van der Waals surface area contributed by atoms with Gasteiger partial charge < -0.3 is 24.6 Å². The zero-order valence-corrected chi connectivity index (χ0v) is 14.3. The lowest BCUT2D eigenvalue weighted by Crippen LogP contribution is -2.50. The maximum atomic E-state index is 12.9. The molecule has 0 saturated carbocycles. The summed E-state index contributed by atoms with van der Waals surface area (Å²) in [5.41, 5.74) is 0.910. The predicted octanol–water partition coefficient (Wildman–Crippen LogP) is 1.32. The number of nitrogens with one attached hydrogen (secondary N) is 1. The number of ether oxygens (including phenoxy) is 2. The van der Waals surface area contributed by atoms with Crippen LogP contribution in [-0.2, 0) is 9.53 Å². The topological polar surface area (TPSA) is 88.2 Å². The van der Waals surface area contributed by atoms with Gasteiger partial charge in [0.25, 0.3) is 11.8 Å². The van der Waals surface area contributed by atoms with Crippen LogP contribution in [0.1, 0.15) is 24.2 Å². The number of fused-ring (bicyclic) bond motifs is 1. The van der Waals surface area contributed by atoms with Crippen LogP contribution in [0.15, 0.2) is 18.2 Å². The van der Waals surface area contributed by atoms with Crippen molar-refractivity contribution in [2.45, 2.75) is 20.0 Å². The maximum absolute atomic E-state index is 12.9. The van der Waals surface area contributed by atoms with E-state index in [9.17, 15) is 14.4 Å². The van der Waals surface area contributed by atoms with Gasteiger partial charge in [0.2, 0.25) is 0 Å². The first kappa shape index (κ1) is 17.1. The van der Waals surface area contributed by atoms with E-state index < -0.39 is 6.10 Å². The number of carbonyl (C=O) groups excluding carboxylic acids is 3. The quantitative estimate of drug-likeness (QED) is 0.872. The van der Waals surface area contributed by atoms with Crippen molar-refractivity contribution < 1.29 is 23.9 Å². The summed E-state index contributed by atoms with van der Waals surface area (Å²) in [6.07, 6.45) is -1.01. The molecule has 1 saturated heterocycles. The molecule has 0 aliphatic carbocycles. The fraction of sp³-hybridized carbons (Fsp3) is 0.471. The normalized spacial score (nSPS) is 19.6. The predicted molar refractivity (Wildman–Crippen MR) is 89.7 cm³/mol. The van der Waals surface area contributed by atoms with Crippen LogP contribution >= 0.6 is 0 Å². The third kappa shape index (κ3) is 3.38. The van der Waals surface area contributed by atoms with Gasteiger partial charge in [0, 0.05) is 26.2 Å². The number of carbonyl (C=O) groups is 3. The highest BCUT2D eigenvalue weighted by Gasteiger charge is 2.31. The standard InChI is InChI=1S/C17H21N3O5/c1-3-24-17(23)20-9-7-19(8-10-20)16(22)12-5-4-6-13-14(12)25-11(2)15(21)18-13/h4-6,11H,3,7-10H2,1-2H3,(H,18,21). The molecule has 1 unspecified atom stereocenters. The third-order valence-corrected chi connectivity index (χ3v) is 4.26. The van der Waals surface area contributed by atoms with Gasteiger partial charge in [-0.05, 0) is 26.0 Å². The van der Waals surface area contributed by atoms with E-state index in [1.54, 1.807) is 41.8 Å². The fourth-order valence-corrected chi connectivity index (χ4v) is 2.87. The Morgan fingerprint density at radius 1 is 1.24 bits per heavy atom. The average Bonchev–Trinajstić information content (AvgIpc) is 2.62. The molecule has 1 atom stereocenters. The second-order valence-corrected chi connectivity index (χ2v) is 5.91. The summed E-state index contributed by atoms with van der Waals surface area (Å²) < 4.78 is 10.6. The number of para-hydroxylation sites is 1. The summed E-state index contributed by atoms with van der Waals surface area (Å²) in [7, 11) is 0. The first-order valence-electron chi connectivity index (χ1n) is 8.32. The van der Waals surface area contributed by atoms with E-state index in [0.717, 1.165) is 0 Å². The fourth-order valence-electron chi connectivity index (χ4n) is 2.87. The van der Waals surface area contributed by atoms with Gasteiger partial charge in [0.05, 0.1) is 17.9 Å². The van der Waals surface area contributed by atoms with Gasteiger partial charge in [-0.2, -0.15) is 0 Å². The van der Waals surface area contributed by atoms with Crippen molar-refractivity contribution >= 4 is 23.6 Å². The molecule has 0 bridgehead atoms. The highest BCUT2D eigenvalue weighted by atomic mass is 16.6. The van der Waals surface area contributed by atoms with Gasteiger partial charge >= 0.3 is 6.09 Å². The van der Waals surface area contributed by atoms with E-state index in [1.165, 1.54) is 0 Å². The Morgan fingerprint density at radius 2 is 1.92 bits per heavy atom. The van der Waals surface area contributed by atoms with Crippen molar-refractivity contribution in [1.29, 1.82) is 0 Å². The molecule has 3 rings (SSSR count). The number of nitrogens with zero attached hydrogens (tertiary/aromatic N) is 2. The van der Waals surface area contributed by atoms with E-state index in [4.69, 9.17) is 9.47 Å². The Kier molecular flexibility index (Phi) is 4.78. The summed E-state index contributed by atoms with van der Waals surface area (Å²) >= 11 is 0.